The van der Waals surface area contributed by atoms with Gasteiger partial charge in [-0.1, -0.05) is 0 Å². The minimum Gasteiger partial charge on any atom is -0.481 e. The molecule has 0 aromatic carbocycles. The molecule has 7 heteroatoms. The highest BCUT2D eigenvalue weighted by atomic mass is 16.4. The van der Waals surface area contributed by atoms with Crippen LogP contribution < -0.4 is 5.73 Å². The lowest BCUT2D eigenvalue weighted by Gasteiger charge is -2.03. The van der Waals surface area contributed by atoms with Crippen molar-refractivity contribution in [1.82, 2.24) is 0 Å². The van der Waals surface area contributed by atoms with E-state index in [1.165, 1.54) is 0 Å². The van der Waals surface area contributed by atoms with Crippen molar-refractivity contribution in [3.8, 4) is 0 Å². The van der Waals surface area contributed by atoms with Gasteiger partial charge in [0, 0.05) is 12.3 Å². The quantitative estimate of drug-likeness (QED) is 0.454. The van der Waals surface area contributed by atoms with E-state index in [9.17, 15) is 14.4 Å². The Bertz CT molecular complexity index is 314. The van der Waals surface area contributed by atoms with E-state index in [-0.39, 0.29) is 6.42 Å². The Morgan fingerprint density at radius 2 is 1.73 bits per heavy atom. The summed E-state index contributed by atoms with van der Waals surface area (Å²) in [5.41, 5.74) is 5.26. The lowest BCUT2D eigenvalue weighted by Crippen LogP contribution is -2.34. The van der Waals surface area contributed by atoms with Crippen LogP contribution in [0.4, 0.5) is 0 Å². The van der Waals surface area contributed by atoms with E-state index in [4.69, 9.17) is 21.1 Å². The summed E-state index contributed by atoms with van der Waals surface area (Å²) in [6, 6.07) is -1.31. The van der Waals surface area contributed by atoms with Crippen molar-refractivity contribution in [2.75, 3.05) is 0 Å². The van der Waals surface area contributed by atoms with Crippen LogP contribution in [0, 0.1) is 17.8 Å². The standard InChI is InChI=1S/C8H11NO6/c9-6(8(14)15)4-2(1-3(10)11)5(4)7(12)13/h2,4-6H,1,9H2,(H,10,11)(H,12,13)(H,14,15)/t2?,4?,5?,6-/m0/s1. The number of aliphatic carboxylic acids is 3. The average molecular weight is 217 g/mol. The van der Waals surface area contributed by atoms with E-state index in [1.54, 1.807) is 0 Å². The molecule has 4 atom stereocenters. The SMILES string of the molecule is N[C@H](C(=O)O)C1C(CC(=O)O)C1C(=O)O. The molecular formula is C8H11NO6. The highest BCUT2D eigenvalue weighted by molar-refractivity contribution is 5.81. The van der Waals surface area contributed by atoms with Gasteiger partial charge in [0.15, 0.2) is 0 Å². The van der Waals surface area contributed by atoms with Gasteiger partial charge in [-0.25, -0.2) is 0 Å². The Kier molecular flexibility index (Phi) is 2.94. The minimum atomic E-state index is -1.31. The van der Waals surface area contributed by atoms with Crippen LogP contribution in [0.5, 0.6) is 0 Å². The molecule has 0 aromatic heterocycles. The molecule has 84 valence electrons. The maximum absolute atomic E-state index is 10.6. The zero-order valence-electron chi connectivity index (χ0n) is 7.66. The van der Waals surface area contributed by atoms with Crippen molar-refractivity contribution in [2.45, 2.75) is 12.5 Å². The predicted molar refractivity (Wildman–Crippen MR) is 46.0 cm³/mol. The molecule has 3 unspecified atom stereocenters. The van der Waals surface area contributed by atoms with Crippen molar-refractivity contribution >= 4 is 17.9 Å². The van der Waals surface area contributed by atoms with Gasteiger partial charge >= 0.3 is 17.9 Å². The molecule has 0 spiro atoms. The van der Waals surface area contributed by atoms with Crippen LogP contribution in [0.3, 0.4) is 0 Å². The van der Waals surface area contributed by atoms with E-state index in [2.05, 4.69) is 0 Å². The molecule has 0 aliphatic heterocycles. The number of nitrogens with two attached hydrogens (primary N) is 1. The van der Waals surface area contributed by atoms with Crippen LogP contribution in [0.15, 0.2) is 0 Å². The average Bonchev–Trinajstić information content (AvgIpc) is 2.76. The summed E-state index contributed by atoms with van der Waals surface area (Å²) in [6.07, 6.45) is -0.359. The summed E-state index contributed by atoms with van der Waals surface area (Å²) in [5, 5.41) is 25.8. The molecule has 7 nitrogen and oxygen atoms in total. The zero-order valence-corrected chi connectivity index (χ0v) is 7.66. The molecule has 15 heavy (non-hydrogen) atoms. The third-order valence-electron chi connectivity index (χ3n) is 2.62. The van der Waals surface area contributed by atoms with Crippen LogP contribution in [0.2, 0.25) is 0 Å². The second-order valence-corrected chi connectivity index (χ2v) is 3.57. The van der Waals surface area contributed by atoms with Crippen molar-refractivity contribution in [1.29, 1.82) is 0 Å². The first kappa shape index (κ1) is 11.4. The molecule has 1 fully saturated rings. The number of rotatable bonds is 5. The molecule has 1 rings (SSSR count). The number of carboxylic acids is 3. The Hall–Kier alpha value is -1.63. The van der Waals surface area contributed by atoms with Gasteiger partial charge in [-0.3, -0.25) is 14.4 Å². The molecule has 0 bridgehead atoms. The summed E-state index contributed by atoms with van der Waals surface area (Å²) in [5.74, 6) is -6.05. The molecular weight excluding hydrogens is 206 g/mol. The Labute approximate surface area is 84.5 Å². The third-order valence-corrected chi connectivity index (χ3v) is 2.62. The van der Waals surface area contributed by atoms with E-state index in [0.717, 1.165) is 0 Å². The van der Waals surface area contributed by atoms with Crippen molar-refractivity contribution in [3.05, 3.63) is 0 Å². The fourth-order valence-corrected chi connectivity index (χ4v) is 1.87. The summed E-state index contributed by atoms with van der Waals surface area (Å²) in [7, 11) is 0. The van der Waals surface area contributed by atoms with Crippen LogP contribution in [-0.4, -0.2) is 39.3 Å². The van der Waals surface area contributed by atoms with Crippen molar-refractivity contribution < 1.29 is 29.7 Å². The molecule has 0 aromatic rings. The Morgan fingerprint density at radius 1 is 1.20 bits per heavy atom. The normalized spacial score (nSPS) is 30.6. The van der Waals surface area contributed by atoms with Crippen LogP contribution in [-0.2, 0) is 14.4 Å². The topological polar surface area (TPSA) is 138 Å². The molecule has 1 saturated carbocycles. The highest BCUT2D eigenvalue weighted by Crippen LogP contribution is 2.50. The minimum absolute atomic E-state index is 0.359. The molecule has 1 aliphatic carbocycles. The lowest BCUT2D eigenvalue weighted by molar-refractivity contribution is -0.140. The molecule has 0 heterocycles. The fraction of sp³-hybridized carbons (Fsp3) is 0.625. The first-order valence-electron chi connectivity index (χ1n) is 4.29. The Morgan fingerprint density at radius 3 is 2.07 bits per heavy atom. The van der Waals surface area contributed by atoms with E-state index in [1.807, 2.05) is 0 Å². The maximum Gasteiger partial charge on any atom is 0.320 e. The summed E-state index contributed by atoms with van der Waals surface area (Å²) in [6.45, 7) is 0. The van der Waals surface area contributed by atoms with Crippen molar-refractivity contribution in [3.63, 3.8) is 0 Å². The highest BCUT2D eigenvalue weighted by Gasteiger charge is 2.59. The monoisotopic (exact) mass is 217 g/mol. The number of carbonyl (C=O) groups is 3. The number of hydrogen-bond donors (Lipinski definition) is 4. The van der Waals surface area contributed by atoms with Gasteiger partial charge < -0.3 is 21.1 Å². The second-order valence-electron chi connectivity index (χ2n) is 3.57. The summed E-state index contributed by atoms with van der Waals surface area (Å²) < 4.78 is 0. The molecule has 1 aliphatic rings. The Balaban J connectivity index is 2.69. The van der Waals surface area contributed by atoms with Crippen LogP contribution >= 0.6 is 0 Å². The van der Waals surface area contributed by atoms with Gasteiger partial charge in [0.05, 0.1) is 5.92 Å². The molecule has 0 radical (unpaired) electrons. The second kappa shape index (κ2) is 3.85. The zero-order chi connectivity index (χ0) is 11.7. The van der Waals surface area contributed by atoms with Gasteiger partial charge in [0.2, 0.25) is 0 Å². The van der Waals surface area contributed by atoms with Gasteiger partial charge in [0.25, 0.3) is 0 Å². The van der Waals surface area contributed by atoms with E-state index >= 15 is 0 Å². The maximum atomic E-state index is 10.6. The third kappa shape index (κ3) is 2.24. The fourth-order valence-electron chi connectivity index (χ4n) is 1.87. The van der Waals surface area contributed by atoms with Crippen LogP contribution in [0.25, 0.3) is 0 Å². The smallest absolute Gasteiger partial charge is 0.320 e. The van der Waals surface area contributed by atoms with Gasteiger partial charge in [-0.2, -0.15) is 0 Å². The van der Waals surface area contributed by atoms with Gasteiger partial charge in [-0.15, -0.1) is 0 Å². The van der Waals surface area contributed by atoms with Crippen LogP contribution in [0.1, 0.15) is 6.42 Å². The summed E-state index contributed by atoms with van der Waals surface area (Å²) >= 11 is 0. The number of hydrogen-bond acceptors (Lipinski definition) is 4. The van der Waals surface area contributed by atoms with E-state index in [0.29, 0.717) is 0 Å². The molecule has 0 amide bonds. The first-order valence-corrected chi connectivity index (χ1v) is 4.29. The number of carboxylic acid groups (broad SMARTS) is 3. The molecule has 5 N–H and O–H groups in total. The van der Waals surface area contributed by atoms with Crippen molar-refractivity contribution in [2.24, 2.45) is 23.5 Å². The molecule has 0 saturated heterocycles. The van der Waals surface area contributed by atoms with Gasteiger partial charge in [-0.05, 0) is 5.92 Å². The van der Waals surface area contributed by atoms with E-state index < -0.39 is 41.7 Å². The first-order chi connectivity index (χ1) is 6.86. The van der Waals surface area contributed by atoms with Gasteiger partial charge in [0.1, 0.15) is 6.04 Å². The summed E-state index contributed by atoms with van der Waals surface area (Å²) in [4.78, 5) is 31.5. The largest absolute Gasteiger partial charge is 0.481 e. The lowest BCUT2D eigenvalue weighted by atomic mass is 10.1. The predicted octanol–water partition coefficient (Wildman–Crippen LogP) is -1.18.